The number of carboxylic acid groups (broad SMARTS) is 1. The molecule has 2 heterocycles. The van der Waals surface area contributed by atoms with Crippen molar-refractivity contribution in [1.29, 1.82) is 0 Å². The third-order valence-corrected chi connectivity index (χ3v) is 66.1. The number of aromatic nitrogens is 3. The number of ether oxygens (including phenoxy) is 2. The van der Waals surface area contributed by atoms with E-state index in [2.05, 4.69) is 74.0 Å². The summed E-state index contributed by atoms with van der Waals surface area (Å²) in [6.07, 6.45) is 2.34. The predicted molar refractivity (Wildman–Crippen MR) is 189 cm³/mol. The first-order valence-corrected chi connectivity index (χ1v) is 30.7. The Morgan fingerprint density at radius 3 is 2.02 bits per heavy atom. The molecule has 4 rings (SSSR count). The average Bonchev–Trinajstić information content (AvgIpc) is 3.29. The third-order valence-electron chi connectivity index (χ3n) is 7.01. The number of hydrogen-bond donors (Lipinski definition) is 1. The molecule has 1 aliphatic rings. The summed E-state index contributed by atoms with van der Waals surface area (Å²) >= 11 is 12.6. The number of pyridine rings is 1. The van der Waals surface area contributed by atoms with Crippen molar-refractivity contribution in [2.75, 3.05) is 0 Å². The highest BCUT2D eigenvalue weighted by atomic mass is 35.5. The molecule has 0 atom stereocenters. The molecule has 1 saturated carbocycles. The maximum absolute atomic E-state index is 10.9. The van der Waals surface area contributed by atoms with Gasteiger partial charge in [0, 0.05) is 41.9 Å². The number of benzene rings is 1. The van der Waals surface area contributed by atoms with Crippen LogP contribution in [0.15, 0.2) is 35.0 Å². The molecule has 1 radical (unpaired) electrons. The van der Waals surface area contributed by atoms with Gasteiger partial charge < -0.3 is 19.1 Å². The van der Waals surface area contributed by atoms with Crippen molar-refractivity contribution < 1.29 is 23.9 Å². The molecule has 1 fully saturated rings. The van der Waals surface area contributed by atoms with Gasteiger partial charge in [-0.3, -0.25) is 4.79 Å². The Hall–Kier alpha value is -1.97. The summed E-state index contributed by atoms with van der Waals surface area (Å²) in [6, 6.07) is 6.76. The van der Waals surface area contributed by atoms with Gasteiger partial charge in [0.2, 0.25) is 11.7 Å². The first-order chi connectivity index (χ1) is 20.2. The smallest absolute Gasteiger partial charge is 0.306 e. The number of aliphatic carboxylic acids is 1. The summed E-state index contributed by atoms with van der Waals surface area (Å²) in [5.41, 5.74) is 1.12. The fraction of sp³-hybridized carbons (Fsp3) is 0.533. The molecule has 1 aromatic carbocycles. The molecule has 0 saturated heterocycles. The van der Waals surface area contributed by atoms with Gasteiger partial charge in [0.15, 0.2) is 0 Å². The van der Waals surface area contributed by atoms with Crippen LogP contribution < -0.4 is 9.47 Å². The van der Waals surface area contributed by atoms with Gasteiger partial charge in [-0.1, -0.05) is 87.3 Å². The van der Waals surface area contributed by atoms with Gasteiger partial charge in [-0.25, -0.2) is 4.98 Å². The van der Waals surface area contributed by atoms with E-state index in [9.17, 15) is 4.79 Å². The van der Waals surface area contributed by atoms with E-state index in [1.165, 1.54) is 0 Å². The van der Waals surface area contributed by atoms with Crippen molar-refractivity contribution >= 4 is 59.3 Å². The predicted octanol–water partition coefficient (Wildman–Crippen LogP) is 8.87. The average molecular weight is 712 g/mol. The van der Waals surface area contributed by atoms with Crippen LogP contribution in [-0.2, 0) is 4.79 Å². The number of carboxylic acids is 1. The summed E-state index contributed by atoms with van der Waals surface area (Å²) in [6.45, 7) is 27.2. The first kappa shape index (κ1) is 36.5. The van der Waals surface area contributed by atoms with Gasteiger partial charge in [0.05, 0.1) is 22.6 Å². The lowest BCUT2D eigenvalue weighted by atomic mass is 9.82. The fourth-order valence-electron chi connectivity index (χ4n) is 6.48. The van der Waals surface area contributed by atoms with E-state index >= 15 is 0 Å². The molecule has 14 heteroatoms. The Kier molecular flexibility index (Phi) is 11.8. The molecular formula is C30H46Cl2N3O5Si4. The Labute approximate surface area is 275 Å². The summed E-state index contributed by atoms with van der Waals surface area (Å²) in [7, 11) is -2.47. The maximum atomic E-state index is 10.9. The van der Waals surface area contributed by atoms with Gasteiger partial charge in [-0.15, -0.1) is 0 Å². The Bertz CT molecular complexity index is 1410. The fourth-order valence-corrected chi connectivity index (χ4v) is 94.7. The highest BCUT2D eigenvalue weighted by molar-refractivity contribution is 7.81. The molecule has 44 heavy (non-hydrogen) atoms. The van der Waals surface area contributed by atoms with E-state index in [0.29, 0.717) is 51.5 Å². The van der Waals surface area contributed by atoms with Crippen molar-refractivity contribution in [3.63, 3.8) is 0 Å². The standard InChI is InChI=1S/C21H19Cl2N3O5.C9H27Si4/c1-10(2)29-20-17(23)7-12(9-24-20)19-25-18(26-31-19)15-4-3-13(8-16(15)22)30-14-5-11(6-14)21(27)28;1-11(2,3)10(12(4,5)6)13(7,8)9/h3-4,7-11,14H,5-6H2,1-2H3,(H,27,28);1-9H3. The number of nitrogens with zero attached hydrogens (tertiary/aromatic N) is 3. The lowest BCUT2D eigenvalue weighted by Gasteiger charge is -2.44. The highest BCUT2D eigenvalue weighted by Gasteiger charge is 2.46. The topological polar surface area (TPSA) is 108 Å². The number of hydrogen-bond acceptors (Lipinski definition) is 7. The van der Waals surface area contributed by atoms with Crippen LogP contribution in [-0.4, -0.2) is 68.5 Å². The molecule has 3 aromatic rings. The molecule has 8 nitrogen and oxygen atoms in total. The van der Waals surface area contributed by atoms with Crippen molar-refractivity contribution in [3.05, 3.63) is 40.5 Å². The lowest BCUT2D eigenvalue weighted by Crippen LogP contribution is -2.70. The summed E-state index contributed by atoms with van der Waals surface area (Å²) in [5, 5.41) is 13.7. The van der Waals surface area contributed by atoms with Crippen LogP contribution >= 0.6 is 23.2 Å². The molecule has 0 aliphatic heterocycles. The zero-order valence-electron chi connectivity index (χ0n) is 27.7. The normalized spacial score (nSPS) is 17.2. The van der Waals surface area contributed by atoms with Crippen LogP contribution in [0, 0.1) is 5.92 Å². The van der Waals surface area contributed by atoms with E-state index in [4.69, 9.17) is 42.3 Å². The van der Waals surface area contributed by atoms with Crippen LogP contribution in [0.3, 0.4) is 0 Å². The lowest BCUT2D eigenvalue weighted by molar-refractivity contribution is -0.147. The molecular weight excluding hydrogens is 666 g/mol. The largest absolute Gasteiger partial charge is 0.490 e. The van der Waals surface area contributed by atoms with Gasteiger partial charge in [-0.2, -0.15) is 4.98 Å². The van der Waals surface area contributed by atoms with Crippen molar-refractivity contribution in [2.45, 2.75) is 97.8 Å². The summed E-state index contributed by atoms with van der Waals surface area (Å²) < 4.78 is 16.7. The minimum atomic E-state index is -0.832. The first-order valence-electron chi connectivity index (χ1n) is 14.9. The van der Waals surface area contributed by atoms with E-state index in [-0.39, 0.29) is 31.4 Å². The van der Waals surface area contributed by atoms with Crippen LogP contribution in [0.5, 0.6) is 11.6 Å². The van der Waals surface area contributed by atoms with Crippen molar-refractivity contribution in [2.24, 2.45) is 5.92 Å². The second-order valence-electron chi connectivity index (χ2n) is 14.6. The minimum Gasteiger partial charge on any atom is -0.490 e. The van der Waals surface area contributed by atoms with Gasteiger partial charge in [0.1, 0.15) is 16.9 Å². The quantitative estimate of drug-likeness (QED) is 0.208. The third kappa shape index (κ3) is 9.76. The molecule has 1 aliphatic carbocycles. The van der Waals surface area contributed by atoms with Gasteiger partial charge in [-0.05, 0) is 51.0 Å². The van der Waals surface area contributed by atoms with E-state index in [0.717, 1.165) is 0 Å². The van der Waals surface area contributed by atoms with Crippen LogP contribution in [0.2, 0.25) is 69.0 Å². The molecule has 1 N–H and O–H groups in total. The van der Waals surface area contributed by atoms with Crippen LogP contribution in [0.25, 0.3) is 22.8 Å². The SMILES string of the molecule is CC(C)Oc1ncc(-c2nc(-c3ccc(OC4CC(C(=O)O)C4)cc3Cl)no2)cc1Cl.C[Si](C)(C)[Si]([Si](C)(C)C)[Si](C)(C)C. The molecule has 0 amide bonds. The van der Waals surface area contributed by atoms with Crippen molar-refractivity contribution in [3.8, 4) is 34.5 Å². The second-order valence-corrected chi connectivity index (χ2v) is 52.2. The maximum Gasteiger partial charge on any atom is 0.306 e. The molecule has 0 spiro atoms. The second kappa shape index (κ2) is 14.2. The molecule has 0 unspecified atom stereocenters. The monoisotopic (exact) mass is 710 g/mol. The Morgan fingerprint density at radius 2 is 1.57 bits per heavy atom. The Balaban J connectivity index is 0.000000345. The Morgan fingerprint density at radius 1 is 0.977 bits per heavy atom. The zero-order chi connectivity index (χ0) is 33.2. The van der Waals surface area contributed by atoms with E-state index in [1.807, 2.05) is 13.8 Å². The van der Waals surface area contributed by atoms with Crippen molar-refractivity contribution in [1.82, 2.24) is 15.1 Å². The summed E-state index contributed by atoms with van der Waals surface area (Å²) in [4.78, 5) is 19.5. The van der Waals surface area contributed by atoms with Crippen LogP contribution in [0.4, 0.5) is 0 Å². The van der Waals surface area contributed by atoms with Gasteiger partial charge in [0.25, 0.3) is 5.89 Å². The minimum absolute atomic E-state index is 0.0255. The number of carbonyl (C=O) groups is 1. The highest BCUT2D eigenvalue weighted by Crippen LogP contribution is 2.36. The van der Waals surface area contributed by atoms with E-state index < -0.39 is 28.7 Å². The zero-order valence-corrected chi connectivity index (χ0v) is 33.2. The number of halogens is 2. The van der Waals surface area contributed by atoms with Crippen LogP contribution in [0.1, 0.15) is 26.7 Å². The molecule has 2 aromatic heterocycles. The molecule has 0 bridgehead atoms. The summed E-state index contributed by atoms with van der Waals surface area (Å²) in [5.74, 6) is 0.306. The van der Waals surface area contributed by atoms with E-state index in [1.54, 1.807) is 30.5 Å². The van der Waals surface area contributed by atoms with Gasteiger partial charge >= 0.3 is 5.97 Å². The molecule has 241 valence electrons. The number of rotatable bonds is 10.